The molecule has 156 valence electrons. The van der Waals surface area contributed by atoms with Crippen molar-refractivity contribution < 1.29 is 9.53 Å². The number of rotatable bonds is 6. The average molecular weight is 397 g/mol. The number of nitrogens with zero attached hydrogens (tertiary/aromatic N) is 4. The average Bonchev–Trinajstić information content (AvgIpc) is 2.99. The predicted molar refractivity (Wildman–Crippen MR) is 112 cm³/mol. The van der Waals surface area contributed by atoms with Gasteiger partial charge in [0, 0.05) is 38.4 Å². The van der Waals surface area contributed by atoms with Gasteiger partial charge in [-0.25, -0.2) is 0 Å². The SMILES string of the molecule is Cc1cccc(OCCCC(=O)N2CCCC(c3nnc4n3CCCCC4)C2)c1. The minimum Gasteiger partial charge on any atom is -0.494 e. The Morgan fingerprint density at radius 2 is 2.10 bits per heavy atom. The van der Waals surface area contributed by atoms with E-state index in [1.54, 1.807) is 0 Å². The van der Waals surface area contributed by atoms with Gasteiger partial charge in [0.1, 0.15) is 17.4 Å². The third-order valence-electron chi connectivity index (χ3n) is 6.07. The Labute approximate surface area is 173 Å². The van der Waals surface area contributed by atoms with E-state index >= 15 is 0 Å². The number of fused-ring (bicyclic) bond motifs is 1. The number of ether oxygens (including phenoxy) is 1. The van der Waals surface area contributed by atoms with E-state index in [-0.39, 0.29) is 5.91 Å². The molecule has 29 heavy (non-hydrogen) atoms. The highest BCUT2D eigenvalue weighted by Gasteiger charge is 2.29. The molecule has 1 fully saturated rings. The van der Waals surface area contributed by atoms with Gasteiger partial charge in [0.25, 0.3) is 0 Å². The van der Waals surface area contributed by atoms with Crippen LogP contribution in [0.15, 0.2) is 24.3 Å². The Balaban J connectivity index is 1.28. The summed E-state index contributed by atoms with van der Waals surface area (Å²) in [5.74, 6) is 3.66. The Morgan fingerprint density at radius 3 is 3.00 bits per heavy atom. The van der Waals surface area contributed by atoms with Gasteiger partial charge in [-0.2, -0.15) is 0 Å². The molecular formula is C23H32N4O2. The normalized spacial score (nSPS) is 19.5. The van der Waals surface area contributed by atoms with Crippen molar-refractivity contribution >= 4 is 5.91 Å². The van der Waals surface area contributed by atoms with Crippen molar-refractivity contribution in [1.82, 2.24) is 19.7 Å². The second kappa shape index (κ2) is 9.42. The Kier molecular flexibility index (Phi) is 6.47. The van der Waals surface area contributed by atoms with Gasteiger partial charge in [-0.3, -0.25) is 4.79 Å². The summed E-state index contributed by atoms with van der Waals surface area (Å²) in [6.07, 6.45) is 8.12. The zero-order valence-electron chi connectivity index (χ0n) is 17.5. The zero-order chi connectivity index (χ0) is 20.1. The molecule has 3 heterocycles. The number of hydrogen-bond donors (Lipinski definition) is 0. The Hall–Kier alpha value is -2.37. The lowest BCUT2D eigenvalue weighted by atomic mass is 9.96. The summed E-state index contributed by atoms with van der Waals surface area (Å²) >= 11 is 0. The maximum Gasteiger partial charge on any atom is 0.222 e. The van der Waals surface area contributed by atoms with Crippen molar-refractivity contribution in [2.45, 2.75) is 70.8 Å². The van der Waals surface area contributed by atoms with Crippen molar-refractivity contribution in [3.63, 3.8) is 0 Å². The smallest absolute Gasteiger partial charge is 0.222 e. The third-order valence-corrected chi connectivity index (χ3v) is 6.07. The summed E-state index contributed by atoms with van der Waals surface area (Å²) < 4.78 is 8.12. The minimum atomic E-state index is 0.234. The maximum atomic E-state index is 12.7. The molecule has 6 heteroatoms. The molecule has 6 nitrogen and oxygen atoms in total. The lowest BCUT2D eigenvalue weighted by Gasteiger charge is -2.32. The third kappa shape index (κ3) is 4.98. The minimum absolute atomic E-state index is 0.234. The largest absolute Gasteiger partial charge is 0.494 e. The molecule has 0 N–H and O–H groups in total. The first kappa shape index (κ1) is 19.9. The predicted octanol–water partition coefficient (Wildman–Crippen LogP) is 3.88. The fraction of sp³-hybridized carbons (Fsp3) is 0.609. The number of carbonyl (C=O) groups excluding carboxylic acids is 1. The number of aryl methyl sites for hydroxylation is 2. The fourth-order valence-electron chi connectivity index (χ4n) is 4.50. The second-order valence-corrected chi connectivity index (χ2v) is 8.38. The van der Waals surface area contributed by atoms with Crippen LogP contribution in [0.3, 0.4) is 0 Å². The summed E-state index contributed by atoms with van der Waals surface area (Å²) in [6, 6.07) is 8.04. The fourth-order valence-corrected chi connectivity index (χ4v) is 4.50. The quantitative estimate of drug-likeness (QED) is 0.695. The molecule has 0 aliphatic carbocycles. The van der Waals surface area contributed by atoms with E-state index in [2.05, 4.69) is 27.8 Å². The molecule has 1 unspecified atom stereocenters. The van der Waals surface area contributed by atoms with Gasteiger partial charge in [-0.05, 0) is 56.7 Å². The molecule has 1 aromatic heterocycles. The number of piperidine rings is 1. The van der Waals surface area contributed by atoms with Crippen molar-refractivity contribution in [3.8, 4) is 5.75 Å². The van der Waals surface area contributed by atoms with Crippen molar-refractivity contribution in [3.05, 3.63) is 41.5 Å². The highest BCUT2D eigenvalue weighted by atomic mass is 16.5. The molecular weight excluding hydrogens is 364 g/mol. The van der Waals surface area contributed by atoms with Crippen LogP contribution in [0.25, 0.3) is 0 Å². The number of likely N-dealkylation sites (tertiary alicyclic amines) is 1. The van der Waals surface area contributed by atoms with Crippen LogP contribution in [0, 0.1) is 6.92 Å². The van der Waals surface area contributed by atoms with Crippen molar-refractivity contribution in [1.29, 1.82) is 0 Å². The van der Waals surface area contributed by atoms with E-state index in [1.807, 2.05) is 23.1 Å². The molecule has 1 saturated heterocycles. The zero-order valence-corrected chi connectivity index (χ0v) is 17.5. The number of benzene rings is 1. The van der Waals surface area contributed by atoms with Gasteiger partial charge >= 0.3 is 0 Å². The molecule has 0 saturated carbocycles. The molecule has 0 spiro atoms. The molecule has 2 aliphatic heterocycles. The summed E-state index contributed by atoms with van der Waals surface area (Å²) in [7, 11) is 0. The van der Waals surface area contributed by atoms with Crippen LogP contribution >= 0.6 is 0 Å². The summed E-state index contributed by atoms with van der Waals surface area (Å²) in [5, 5.41) is 8.98. The number of amides is 1. The van der Waals surface area contributed by atoms with Gasteiger partial charge in [0.05, 0.1) is 6.61 Å². The van der Waals surface area contributed by atoms with E-state index in [0.717, 1.165) is 62.7 Å². The van der Waals surface area contributed by atoms with Crippen LogP contribution in [0.4, 0.5) is 0 Å². The van der Waals surface area contributed by atoms with Crippen LogP contribution in [-0.4, -0.2) is 45.3 Å². The van der Waals surface area contributed by atoms with Gasteiger partial charge in [-0.15, -0.1) is 10.2 Å². The Morgan fingerprint density at radius 1 is 1.17 bits per heavy atom. The van der Waals surface area contributed by atoms with E-state index in [9.17, 15) is 4.79 Å². The molecule has 1 amide bonds. The summed E-state index contributed by atoms with van der Waals surface area (Å²) in [5.41, 5.74) is 1.18. The monoisotopic (exact) mass is 396 g/mol. The van der Waals surface area contributed by atoms with Gasteiger partial charge in [-0.1, -0.05) is 18.6 Å². The van der Waals surface area contributed by atoms with Gasteiger partial charge in [0.15, 0.2) is 0 Å². The molecule has 2 aromatic rings. The Bertz CT molecular complexity index is 832. The first-order valence-corrected chi connectivity index (χ1v) is 11.1. The number of hydrogen-bond acceptors (Lipinski definition) is 4. The molecule has 0 radical (unpaired) electrons. The second-order valence-electron chi connectivity index (χ2n) is 8.38. The number of aromatic nitrogens is 3. The molecule has 4 rings (SSSR count). The van der Waals surface area contributed by atoms with Gasteiger partial charge in [0.2, 0.25) is 5.91 Å². The van der Waals surface area contributed by atoms with Crippen molar-refractivity contribution in [2.75, 3.05) is 19.7 Å². The topological polar surface area (TPSA) is 60.2 Å². The van der Waals surface area contributed by atoms with Crippen LogP contribution < -0.4 is 4.74 Å². The van der Waals surface area contributed by atoms with Crippen LogP contribution in [0.1, 0.15) is 68.1 Å². The standard InChI is InChI=1S/C23H32N4O2/c1-18-8-5-10-20(16-18)29-15-7-12-22(28)26-13-6-9-19(17-26)23-25-24-21-11-3-2-4-14-27(21)23/h5,8,10,16,19H,2-4,6-7,9,11-15,17H2,1H3. The lowest BCUT2D eigenvalue weighted by molar-refractivity contribution is -0.132. The lowest BCUT2D eigenvalue weighted by Crippen LogP contribution is -2.39. The first-order valence-electron chi connectivity index (χ1n) is 11.1. The molecule has 0 bridgehead atoms. The molecule has 1 atom stereocenters. The molecule has 1 aromatic carbocycles. The van der Waals surface area contributed by atoms with E-state index < -0.39 is 0 Å². The van der Waals surface area contributed by atoms with E-state index in [0.29, 0.717) is 18.9 Å². The van der Waals surface area contributed by atoms with E-state index in [4.69, 9.17) is 4.74 Å². The van der Waals surface area contributed by atoms with Crippen LogP contribution in [0.5, 0.6) is 5.75 Å². The van der Waals surface area contributed by atoms with Crippen molar-refractivity contribution in [2.24, 2.45) is 0 Å². The summed E-state index contributed by atoms with van der Waals surface area (Å²) in [4.78, 5) is 14.8. The van der Waals surface area contributed by atoms with Gasteiger partial charge < -0.3 is 14.2 Å². The maximum absolute atomic E-state index is 12.7. The van der Waals surface area contributed by atoms with Crippen LogP contribution in [-0.2, 0) is 17.8 Å². The molecule has 2 aliphatic rings. The highest BCUT2D eigenvalue weighted by molar-refractivity contribution is 5.76. The summed E-state index contributed by atoms with van der Waals surface area (Å²) in [6.45, 7) is 5.28. The van der Waals surface area contributed by atoms with E-state index in [1.165, 1.54) is 24.8 Å². The first-order chi connectivity index (χ1) is 14.2. The van der Waals surface area contributed by atoms with Crippen LogP contribution in [0.2, 0.25) is 0 Å². The number of carbonyl (C=O) groups is 1. The highest BCUT2D eigenvalue weighted by Crippen LogP contribution is 2.28.